The first-order chi connectivity index (χ1) is 14.8. The number of imidazole rings is 1. The molecule has 5 heterocycles. The molecule has 2 aromatic heterocycles. The molecule has 0 radical (unpaired) electrons. The summed E-state index contributed by atoms with van der Waals surface area (Å²) in [5.74, 6) is -0.449. The summed E-state index contributed by atoms with van der Waals surface area (Å²) in [5, 5.41) is 16.3. The minimum absolute atomic E-state index is 0.0754. The van der Waals surface area contributed by atoms with Crippen LogP contribution < -0.4 is 9.88 Å². The summed E-state index contributed by atoms with van der Waals surface area (Å²) < 4.78 is 4.25. The molecule has 0 saturated carbocycles. The molecule has 3 aliphatic heterocycles. The zero-order valence-corrected chi connectivity index (χ0v) is 21.4. The van der Waals surface area contributed by atoms with Crippen molar-refractivity contribution in [1.82, 2.24) is 14.6 Å². The van der Waals surface area contributed by atoms with Crippen molar-refractivity contribution >= 4 is 60.2 Å². The minimum atomic E-state index is -0.693. The molecule has 166 valence electrons. The number of amides is 1. The topological polar surface area (TPSA) is 77.9 Å². The summed E-state index contributed by atoms with van der Waals surface area (Å²) in [5.41, 5.74) is 1.86. The Balaban J connectivity index is 1.30. The van der Waals surface area contributed by atoms with Gasteiger partial charge >= 0.3 is 0 Å². The number of thioether (sulfide) groups is 1. The van der Waals surface area contributed by atoms with E-state index < -0.39 is 12.0 Å². The monoisotopic (exact) mass is 573 g/mol. The molecule has 2 fully saturated rings. The predicted molar refractivity (Wildman–Crippen MR) is 129 cm³/mol. The molecule has 0 spiro atoms. The fraction of sp³-hybridized carbons (Fsp3) is 0.571. The Bertz CT molecular complexity index is 1090. The largest absolute Gasteiger partial charge is 0.393 e. The van der Waals surface area contributed by atoms with Crippen LogP contribution in [0.4, 0.5) is 0 Å². The third-order valence-corrected chi connectivity index (χ3v) is 9.66. The molecular weight excluding hydrogens is 547 g/mol. The number of halogens is 1. The van der Waals surface area contributed by atoms with E-state index in [1.807, 2.05) is 7.05 Å². The zero-order chi connectivity index (χ0) is 22.0. The quantitative estimate of drug-likeness (QED) is 0.239. The highest BCUT2D eigenvalue weighted by Crippen LogP contribution is 2.52. The van der Waals surface area contributed by atoms with E-state index in [1.54, 1.807) is 57.5 Å². The standard InChI is InChI=1S/C21H26IN4O3S2/c1-10-17-16(11(2)27)21(29)26(17)18(20(22)28)19(10)31-14-5-12(23-6-14)4-13-8-30-15-7-24(3)9-25(13)15/h7-12,14,16-17,23,27H,4-6H2,1-3H3/q+1/t10-,11-,12-,14+,16-,17-/m1/s1. The maximum absolute atomic E-state index is 12.6. The molecule has 10 heteroatoms. The number of nitrogens with one attached hydrogen (secondary N) is 1. The smallest absolute Gasteiger partial charge is 0.249 e. The van der Waals surface area contributed by atoms with Crippen LogP contribution in [0.25, 0.3) is 4.83 Å². The highest BCUT2D eigenvalue weighted by Gasteiger charge is 2.59. The molecule has 6 atom stereocenters. The van der Waals surface area contributed by atoms with Gasteiger partial charge in [0.05, 0.1) is 25.1 Å². The second-order valence-electron chi connectivity index (χ2n) is 8.87. The Morgan fingerprint density at radius 1 is 1.52 bits per heavy atom. The first-order valence-electron chi connectivity index (χ1n) is 10.5. The maximum Gasteiger partial charge on any atom is 0.249 e. The van der Waals surface area contributed by atoms with Crippen LogP contribution in [0.1, 0.15) is 26.0 Å². The van der Waals surface area contributed by atoms with Crippen LogP contribution in [-0.2, 0) is 23.1 Å². The number of rotatable bonds is 6. The average Bonchev–Trinajstić information content (AvgIpc) is 3.42. The van der Waals surface area contributed by atoms with Gasteiger partial charge in [-0.2, -0.15) is 4.40 Å². The van der Waals surface area contributed by atoms with Crippen molar-refractivity contribution in [2.75, 3.05) is 6.54 Å². The molecule has 0 unspecified atom stereocenters. The number of hydrogen-bond acceptors (Lipinski definition) is 6. The number of allylic oxidation sites excluding steroid dienone is 1. The highest BCUT2D eigenvalue weighted by atomic mass is 127. The van der Waals surface area contributed by atoms with E-state index in [0.29, 0.717) is 17.0 Å². The van der Waals surface area contributed by atoms with Crippen LogP contribution in [0.5, 0.6) is 0 Å². The average molecular weight is 574 g/mol. The summed E-state index contributed by atoms with van der Waals surface area (Å²) >= 11 is 5.31. The summed E-state index contributed by atoms with van der Waals surface area (Å²) in [7, 11) is 2.04. The molecule has 2 aromatic rings. The molecule has 0 aliphatic carbocycles. The fourth-order valence-electron chi connectivity index (χ4n) is 5.26. The molecule has 3 aliphatic rings. The van der Waals surface area contributed by atoms with Gasteiger partial charge in [-0.3, -0.25) is 9.59 Å². The van der Waals surface area contributed by atoms with Gasteiger partial charge in [0.15, 0.2) is 0 Å². The number of thiazole rings is 1. The van der Waals surface area contributed by atoms with Crippen molar-refractivity contribution in [2.45, 2.75) is 50.1 Å². The van der Waals surface area contributed by atoms with E-state index >= 15 is 0 Å². The molecule has 0 aromatic carbocycles. The zero-order valence-electron chi connectivity index (χ0n) is 17.6. The van der Waals surface area contributed by atoms with Crippen LogP contribution >= 0.6 is 45.7 Å². The van der Waals surface area contributed by atoms with Gasteiger partial charge in [-0.15, -0.1) is 11.8 Å². The van der Waals surface area contributed by atoms with Crippen LogP contribution in [0.3, 0.4) is 0 Å². The van der Waals surface area contributed by atoms with Crippen molar-refractivity contribution in [2.24, 2.45) is 18.9 Å². The SMILES string of the molecule is C[C@@H](O)[C@H]1C(=O)N2C(C(=O)I)=C(S[C@@H]3CN[C@H](Cc4csc5c[n+](C)cn45)C3)[C@H](C)[C@H]12. The first kappa shape index (κ1) is 21.9. The molecule has 5 rings (SSSR count). The van der Waals surface area contributed by atoms with Crippen LogP contribution in [0, 0.1) is 11.8 Å². The van der Waals surface area contributed by atoms with E-state index in [-0.39, 0.29) is 21.7 Å². The lowest BCUT2D eigenvalue weighted by atomic mass is 9.79. The lowest BCUT2D eigenvalue weighted by molar-refractivity contribution is -0.670. The van der Waals surface area contributed by atoms with E-state index in [0.717, 1.165) is 24.3 Å². The van der Waals surface area contributed by atoms with E-state index in [2.05, 4.69) is 39.1 Å². The third-order valence-electron chi connectivity index (χ3n) is 6.70. The van der Waals surface area contributed by atoms with Crippen molar-refractivity contribution in [3.8, 4) is 0 Å². The summed E-state index contributed by atoms with van der Waals surface area (Å²) in [6, 6.07) is 0.297. The van der Waals surface area contributed by atoms with Gasteiger partial charge in [0.2, 0.25) is 20.9 Å². The number of fused-ring (bicyclic) bond motifs is 2. The van der Waals surface area contributed by atoms with Gasteiger partial charge in [-0.05, 0) is 13.3 Å². The fourth-order valence-corrected chi connectivity index (χ4v) is 8.49. The lowest BCUT2D eigenvalue weighted by Gasteiger charge is -2.46. The number of aromatic nitrogens is 2. The van der Waals surface area contributed by atoms with Gasteiger partial charge in [-0.1, -0.05) is 18.3 Å². The molecular formula is C21H26IN4O3S2+. The Morgan fingerprint density at radius 2 is 2.29 bits per heavy atom. The number of β-lactam (4-membered cyclic amide) rings is 1. The van der Waals surface area contributed by atoms with Crippen molar-refractivity contribution < 1.29 is 19.3 Å². The normalized spacial score (nSPS) is 31.5. The van der Waals surface area contributed by atoms with Crippen LogP contribution in [0.15, 0.2) is 28.5 Å². The molecule has 31 heavy (non-hydrogen) atoms. The summed E-state index contributed by atoms with van der Waals surface area (Å²) in [4.78, 5) is 29.0. The predicted octanol–water partition coefficient (Wildman–Crippen LogP) is 1.86. The second-order valence-corrected chi connectivity index (χ2v) is 12.1. The summed E-state index contributed by atoms with van der Waals surface area (Å²) in [6.07, 6.45) is 5.55. The van der Waals surface area contributed by atoms with Crippen molar-refractivity contribution in [1.29, 1.82) is 0 Å². The van der Waals surface area contributed by atoms with Crippen LogP contribution in [-0.4, -0.2) is 54.1 Å². The Hall–Kier alpha value is -0.950. The first-order valence-corrected chi connectivity index (χ1v) is 13.4. The Morgan fingerprint density at radius 3 is 3.00 bits per heavy atom. The maximum atomic E-state index is 12.6. The molecule has 2 saturated heterocycles. The minimum Gasteiger partial charge on any atom is -0.393 e. The van der Waals surface area contributed by atoms with Gasteiger partial charge in [-0.25, -0.2) is 4.57 Å². The molecule has 7 nitrogen and oxygen atoms in total. The molecule has 2 N–H and O–H groups in total. The van der Waals surface area contributed by atoms with Gasteiger partial charge in [0, 0.05) is 63.1 Å². The van der Waals surface area contributed by atoms with Crippen LogP contribution in [0.2, 0.25) is 0 Å². The highest BCUT2D eigenvalue weighted by molar-refractivity contribution is 14.1. The summed E-state index contributed by atoms with van der Waals surface area (Å²) in [6.45, 7) is 4.64. The molecule has 0 bridgehead atoms. The van der Waals surface area contributed by atoms with E-state index in [4.69, 9.17) is 0 Å². The Labute approximate surface area is 203 Å². The van der Waals surface area contributed by atoms with E-state index in [9.17, 15) is 14.7 Å². The van der Waals surface area contributed by atoms with Crippen molar-refractivity contribution in [3.05, 3.63) is 34.2 Å². The molecule has 1 amide bonds. The number of aliphatic hydroxyl groups is 1. The Kier molecular flexibility index (Phi) is 5.73. The van der Waals surface area contributed by atoms with E-state index in [1.165, 1.54) is 10.5 Å². The number of carbonyl (C=O) groups excluding carboxylic acids is 2. The number of aryl methyl sites for hydroxylation is 1. The lowest BCUT2D eigenvalue weighted by Crippen LogP contribution is -2.63. The van der Waals surface area contributed by atoms with Gasteiger partial charge in [0.25, 0.3) is 0 Å². The van der Waals surface area contributed by atoms with Crippen molar-refractivity contribution in [3.63, 3.8) is 0 Å². The number of carbonyl (C=O) groups is 2. The number of nitrogens with zero attached hydrogens (tertiary/aromatic N) is 3. The number of hydrogen-bond donors (Lipinski definition) is 2. The third kappa shape index (κ3) is 3.58. The van der Waals surface area contributed by atoms with Gasteiger partial charge < -0.3 is 15.3 Å². The van der Waals surface area contributed by atoms with Gasteiger partial charge in [0.1, 0.15) is 17.6 Å². The number of aliphatic hydroxyl groups excluding tert-OH is 1. The second kappa shape index (κ2) is 8.12.